The van der Waals surface area contributed by atoms with Crippen LogP contribution in [0.2, 0.25) is 0 Å². The Hall–Kier alpha value is -3.63. The number of Topliss-reactive ketones (excluding diaryl/α,β-unsaturated/α-hetero) is 2. The summed E-state index contributed by atoms with van der Waals surface area (Å²) in [6, 6.07) is 16.5. The van der Waals surface area contributed by atoms with Crippen LogP contribution in [0.4, 0.5) is 18.9 Å². The molecule has 3 aromatic carbocycles. The highest BCUT2D eigenvalue weighted by atomic mass is 79.9. The highest BCUT2D eigenvalue weighted by Crippen LogP contribution is 2.57. The summed E-state index contributed by atoms with van der Waals surface area (Å²) in [6.07, 6.45) is -5.87. The maximum absolute atomic E-state index is 13.8. The molecular formula is C27H15BrF3NO5. The number of ketones is 2. The van der Waals surface area contributed by atoms with E-state index in [4.69, 9.17) is 4.74 Å². The van der Waals surface area contributed by atoms with Gasteiger partial charge < -0.3 is 4.74 Å². The lowest BCUT2D eigenvalue weighted by Crippen LogP contribution is -2.51. The van der Waals surface area contributed by atoms with Crippen molar-refractivity contribution in [3.05, 3.63) is 99.5 Å². The number of imide groups is 1. The van der Waals surface area contributed by atoms with Crippen molar-refractivity contribution in [3.8, 4) is 0 Å². The molecule has 3 aromatic rings. The van der Waals surface area contributed by atoms with Gasteiger partial charge in [0, 0.05) is 15.6 Å². The quantitative estimate of drug-likeness (QED) is 0.314. The van der Waals surface area contributed by atoms with E-state index in [0.717, 1.165) is 16.6 Å². The van der Waals surface area contributed by atoms with Crippen LogP contribution in [0.15, 0.2) is 77.3 Å². The fourth-order valence-electron chi connectivity index (χ4n) is 5.55. The first-order chi connectivity index (χ1) is 17.6. The van der Waals surface area contributed by atoms with E-state index in [0.29, 0.717) is 16.5 Å². The normalized spacial score (nSPS) is 24.2. The summed E-state index contributed by atoms with van der Waals surface area (Å²) in [7, 11) is 0. The predicted molar refractivity (Wildman–Crippen MR) is 127 cm³/mol. The van der Waals surface area contributed by atoms with E-state index in [9.17, 15) is 32.3 Å². The van der Waals surface area contributed by atoms with Gasteiger partial charge in [0.2, 0.25) is 29.0 Å². The van der Waals surface area contributed by atoms with Gasteiger partial charge in [0.15, 0.2) is 0 Å². The second-order valence-electron chi connectivity index (χ2n) is 9.09. The zero-order chi connectivity index (χ0) is 26.3. The summed E-state index contributed by atoms with van der Waals surface area (Å²) in [5.41, 5.74) is -3.05. The Kier molecular flexibility index (Phi) is 5.09. The Morgan fingerprint density at radius 3 is 2.03 bits per heavy atom. The third-order valence-electron chi connectivity index (χ3n) is 7.15. The Balaban J connectivity index is 1.53. The molecule has 6 nitrogen and oxygen atoms in total. The topological polar surface area (TPSA) is 80.8 Å². The van der Waals surface area contributed by atoms with Gasteiger partial charge in [-0.1, -0.05) is 58.4 Å². The summed E-state index contributed by atoms with van der Waals surface area (Å²) >= 11 is 3.32. The number of halogens is 4. The van der Waals surface area contributed by atoms with Crippen LogP contribution in [-0.4, -0.2) is 29.0 Å². The molecule has 6 rings (SSSR count). The van der Waals surface area contributed by atoms with E-state index in [1.807, 2.05) is 0 Å². The molecule has 2 heterocycles. The summed E-state index contributed by atoms with van der Waals surface area (Å²) in [5, 5.41) is 0. The Bertz CT molecular complexity index is 1480. The molecule has 10 heteroatoms. The molecule has 0 radical (unpaired) electrons. The molecule has 2 fully saturated rings. The number of carbonyl (C=O) groups is 4. The second kappa shape index (κ2) is 7.93. The van der Waals surface area contributed by atoms with Crippen LogP contribution in [0.5, 0.6) is 0 Å². The van der Waals surface area contributed by atoms with E-state index >= 15 is 0 Å². The number of carbonyl (C=O) groups excluding carboxylic acids is 4. The number of fused-ring (bicyclic) bond motifs is 3. The number of rotatable bonds is 2. The average Bonchev–Trinajstić information content (AvgIpc) is 3.44. The lowest BCUT2D eigenvalue weighted by atomic mass is 9.77. The van der Waals surface area contributed by atoms with Crippen LogP contribution in [0, 0.1) is 11.8 Å². The fourth-order valence-corrected chi connectivity index (χ4v) is 5.81. The van der Waals surface area contributed by atoms with Crippen molar-refractivity contribution < 1.29 is 37.1 Å². The zero-order valence-corrected chi connectivity index (χ0v) is 20.2. The zero-order valence-electron chi connectivity index (χ0n) is 18.7. The van der Waals surface area contributed by atoms with Gasteiger partial charge in [0.1, 0.15) is 0 Å². The molecule has 0 unspecified atom stereocenters. The summed E-state index contributed by atoms with van der Waals surface area (Å²) in [4.78, 5) is 55.6. The molecule has 0 bridgehead atoms. The van der Waals surface area contributed by atoms with Crippen LogP contribution in [0.3, 0.4) is 0 Å². The molecule has 0 N–H and O–H groups in total. The van der Waals surface area contributed by atoms with Gasteiger partial charge in [0.25, 0.3) is 0 Å². The van der Waals surface area contributed by atoms with Gasteiger partial charge >= 0.3 is 6.18 Å². The third-order valence-corrected chi connectivity index (χ3v) is 7.68. The number of benzene rings is 3. The van der Waals surface area contributed by atoms with Crippen LogP contribution < -0.4 is 4.90 Å². The van der Waals surface area contributed by atoms with Crippen molar-refractivity contribution in [3.63, 3.8) is 0 Å². The summed E-state index contributed by atoms with van der Waals surface area (Å²) in [5.74, 6) is -6.12. The lowest BCUT2D eigenvalue weighted by molar-refractivity contribution is -0.137. The largest absolute Gasteiger partial charge is 0.416 e. The molecular weight excluding hydrogens is 555 g/mol. The monoisotopic (exact) mass is 569 g/mol. The number of alkyl halides is 3. The minimum atomic E-state index is -4.71. The molecule has 1 aliphatic carbocycles. The molecule has 3 aliphatic rings. The first-order valence-corrected chi connectivity index (χ1v) is 12.0. The number of hydrogen-bond acceptors (Lipinski definition) is 5. The molecule has 2 aliphatic heterocycles. The van der Waals surface area contributed by atoms with Crippen LogP contribution >= 0.6 is 15.9 Å². The molecule has 37 heavy (non-hydrogen) atoms. The molecule has 2 saturated heterocycles. The van der Waals surface area contributed by atoms with E-state index in [2.05, 4.69) is 15.9 Å². The van der Waals surface area contributed by atoms with Gasteiger partial charge in [-0.05, 0) is 35.9 Å². The first-order valence-electron chi connectivity index (χ1n) is 11.2. The minimum absolute atomic E-state index is 0.0699. The van der Waals surface area contributed by atoms with Crippen molar-refractivity contribution in [2.45, 2.75) is 17.9 Å². The predicted octanol–water partition coefficient (Wildman–Crippen LogP) is 5.16. The molecule has 2 amide bonds. The highest BCUT2D eigenvalue weighted by Gasteiger charge is 2.74. The molecule has 0 saturated carbocycles. The standard InChI is InChI=1S/C27H15BrF3NO5/c28-15-10-8-13(9-11-15)21-19-20(26(37-21)22(33)17-6-1-2-7-18(17)23(26)34)25(36)32(24(19)35)16-5-3-4-14(12-16)27(29,30)31/h1-12,19-21H/t19-,20+,21+/m0/s1. The number of ether oxygens (including phenoxy) is 1. The number of anilines is 1. The smallest absolute Gasteiger partial charge is 0.349 e. The average molecular weight is 570 g/mol. The number of hydrogen-bond donors (Lipinski definition) is 0. The maximum Gasteiger partial charge on any atom is 0.416 e. The van der Waals surface area contributed by atoms with Crippen molar-refractivity contribution in [2.24, 2.45) is 11.8 Å². The van der Waals surface area contributed by atoms with Crippen molar-refractivity contribution >= 4 is 45.0 Å². The van der Waals surface area contributed by atoms with Crippen LogP contribution in [0.25, 0.3) is 0 Å². The Labute approximate surface area is 216 Å². The lowest BCUT2D eigenvalue weighted by Gasteiger charge is -2.27. The van der Waals surface area contributed by atoms with Crippen LogP contribution in [0.1, 0.15) is 37.9 Å². The molecule has 3 atom stereocenters. The Morgan fingerprint density at radius 1 is 0.811 bits per heavy atom. The van der Waals surface area contributed by atoms with Crippen molar-refractivity contribution in [1.82, 2.24) is 0 Å². The van der Waals surface area contributed by atoms with Gasteiger partial charge in [0.05, 0.1) is 29.2 Å². The van der Waals surface area contributed by atoms with E-state index in [1.165, 1.54) is 18.2 Å². The van der Waals surface area contributed by atoms with E-state index in [-0.39, 0.29) is 16.8 Å². The van der Waals surface area contributed by atoms with E-state index in [1.54, 1.807) is 36.4 Å². The minimum Gasteiger partial charge on any atom is -0.349 e. The Morgan fingerprint density at radius 2 is 1.43 bits per heavy atom. The van der Waals surface area contributed by atoms with Crippen LogP contribution in [-0.2, 0) is 20.5 Å². The van der Waals surface area contributed by atoms with Crippen molar-refractivity contribution in [1.29, 1.82) is 0 Å². The maximum atomic E-state index is 13.8. The van der Waals surface area contributed by atoms with Gasteiger partial charge in [-0.2, -0.15) is 13.2 Å². The SMILES string of the molecule is O=C1[C@@H]2[C@@H](c3ccc(Br)cc3)OC3(C(=O)c4ccccc4C3=O)[C@H]2C(=O)N1c1cccc(C(F)(F)F)c1. The van der Waals surface area contributed by atoms with Gasteiger partial charge in [-0.25, -0.2) is 4.90 Å². The fraction of sp³-hybridized carbons (Fsp3) is 0.185. The molecule has 1 spiro atoms. The first kappa shape index (κ1) is 23.7. The highest BCUT2D eigenvalue weighted by molar-refractivity contribution is 9.10. The summed E-state index contributed by atoms with van der Waals surface area (Å²) in [6.45, 7) is 0. The molecule has 186 valence electrons. The molecule has 0 aromatic heterocycles. The van der Waals surface area contributed by atoms with E-state index < -0.39 is 58.7 Å². The number of nitrogens with zero attached hydrogens (tertiary/aromatic N) is 1. The van der Waals surface area contributed by atoms with Crippen molar-refractivity contribution in [2.75, 3.05) is 4.90 Å². The second-order valence-corrected chi connectivity index (χ2v) is 10.0. The number of amides is 2. The van der Waals surface area contributed by atoms with Gasteiger partial charge in [-0.3, -0.25) is 19.2 Å². The third kappa shape index (κ3) is 3.21. The van der Waals surface area contributed by atoms with Gasteiger partial charge in [-0.15, -0.1) is 0 Å². The summed E-state index contributed by atoms with van der Waals surface area (Å²) < 4.78 is 47.0.